The zero-order valence-electron chi connectivity index (χ0n) is 14.9. The number of nitrogens with zero attached hydrogens (tertiary/aromatic N) is 2. The summed E-state index contributed by atoms with van der Waals surface area (Å²) in [5.74, 6) is -0.219. The number of rotatable bonds is 7. The van der Waals surface area contributed by atoms with Crippen molar-refractivity contribution in [1.29, 1.82) is 0 Å². The molecular weight excluding hydrogens is 416 g/mol. The van der Waals surface area contributed by atoms with Crippen LogP contribution in [0.2, 0.25) is 5.02 Å². The molecule has 6 nitrogen and oxygen atoms in total. The molecule has 9 heteroatoms. The highest BCUT2D eigenvalue weighted by molar-refractivity contribution is 8.01. The normalized spacial score (nSPS) is 10.5. The fourth-order valence-corrected chi connectivity index (χ4v) is 3.91. The number of halogens is 1. The van der Waals surface area contributed by atoms with E-state index in [2.05, 4.69) is 27.8 Å². The van der Waals surface area contributed by atoms with Gasteiger partial charge in [0.05, 0.1) is 5.75 Å². The first-order valence-electron chi connectivity index (χ1n) is 8.45. The molecule has 0 saturated carbocycles. The van der Waals surface area contributed by atoms with Crippen LogP contribution in [0.5, 0.6) is 0 Å². The number of hydrogen-bond donors (Lipinski definition) is 2. The van der Waals surface area contributed by atoms with Crippen molar-refractivity contribution in [2.75, 3.05) is 16.4 Å². The molecule has 2 amide bonds. The molecule has 1 aromatic heterocycles. The van der Waals surface area contributed by atoms with Crippen molar-refractivity contribution in [3.63, 3.8) is 0 Å². The molecule has 0 atom stereocenters. The zero-order valence-corrected chi connectivity index (χ0v) is 17.3. The lowest BCUT2D eigenvalue weighted by Gasteiger charge is -2.05. The lowest BCUT2D eigenvalue weighted by Crippen LogP contribution is -2.13. The van der Waals surface area contributed by atoms with Gasteiger partial charge < -0.3 is 5.32 Å². The van der Waals surface area contributed by atoms with Crippen molar-refractivity contribution < 1.29 is 9.59 Å². The third-order valence-corrected chi connectivity index (χ3v) is 5.93. The summed E-state index contributed by atoms with van der Waals surface area (Å²) in [6.07, 6.45) is 0.956. The Balaban J connectivity index is 1.49. The van der Waals surface area contributed by atoms with E-state index in [0.29, 0.717) is 20.1 Å². The zero-order chi connectivity index (χ0) is 19.9. The van der Waals surface area contributed by atoms with Gasteiger partial charge in [0, 0.05) is 16.3 Å². The summed E-state index contributed by atoms with van der Waals surface area (Å²) in [5.41, 5.74) is 2.45. The number of anilines is 2. The molecule has 0 aliphatic heterocycles. The first-order valence-corrected chi connectivity index (χ1v) is 10.6. The van der Waals surface area contributed by atoms with Crippen molar-refractivity contribution in [2.24, 2.45) is 0 Å². The van der Waals surface area contributed by atoms with E-state index in [9.17, 15) is 9.59 Å². The van der Waals surface area contributed by atoms with E-state index in [1.54, 1.807) is 24.3 Å². The fourth-order valence-electron chi connectivity index (χ4n) is 2.24. The molecule has 144 valence electrons. The molecule has 3 aromatic rings. The number of thioether (sulfide) groups is 1. The number of benzene rings is 2. The Labute approximate surface area is 175 Å². The Hall–Kier alpha value is -2.42. The largest absolute Gasteiger partial charge is 0.325 e. The van der Waals surface area contributed by atoms with Crippen LogP contribution < -0.4 is 10.6 Å². The molecule has 0 spiro atoms. The Kier molecular flexibility index (Phi) is 7.02. The maximum absolute atomic E-state index is 12.2. The van der Waals surface area contributed by atoms with Crippen LogP contribution in [0.3, 0.4) is 0 Å². The first kappa shape index (κ1) is 20.3. The van der Waals surface area contributed by atoms with Gasteiger partial charge in [0.25, 0.3) is 5.91 Å². The lowest BCUT2D eigenvalue weighted by atomic mass is 10.1. The SMILES string of the molecule is CCc1ccc(NC(=O)CSc2nnc(NC(=O)c3ccc(Cl)cc3)s2)cc1. The van der Waals surface area contributed by atoms with E-state index in [0.717, 1.165) is 12.1 Å². The van der Waals surface area contributed by atoms with Gasteiger partial charge in [0.1, 0.15) is 0 Å². The van der Waals surface area contributed by atoms with Gasteiger partial charge in [-0.1, -0.05) is 53.8 Å². The standard InChI is InChI=1S/C19H17ClN4O2S2/c1-2-12-3-9-15(10-4-12)21-16(25)11-27-19-24-23-18(28-19)22-17(26)13-5-7-14(20)8-6-13/h3-10H,2,11H2,1H3,(H,21,25)(H,22,23,26). The molecule has 0 aliphatic carbocycles. The average molecular weight is 433 g/mol. The number of aromatic nitrogens is 2. The van der Waals surface area contributed by atoms with Gasteiger partial charge in [0.2, 0.25) is 11.0 Å². The highest BCUT2D eigenvalue weighted by Gasteiger charge is 2.12. The van der Waals surface area contributed by atoms with Gasteiger partial charge in [-0.25, -0.2) is 0 Å². The molecule has 0 fully saturated rings. The van der Waals surface area contributed by atoms with Crippen molar-refractivity contribution in [2.45, 2.75) is 17.7 Å². The molecule has 0 saturated heterocycles. The molecule has 2 N–H and O–H groups in total. The van der Waals surface area contributed by atoms with E-state index in [-0.39, 0.29) is 17.6 Å². The topological polar surface area (TPSA) is 84.0 Å². The van der Waals surface area contributed by atoms with E-state index < -0.39 is 0 Å². The first-order chi connectivity index (χ1) is 13.5. The number of carbonyl (C=O) groups is 2. The van der Waals surface area contributed by atoms with Crippen LogP contribution in [0.1, 0.15) is 22.8 Å². The second kappa shape index (κ2) is 9.68. The Bertz CT molecular complexity index is 959. The summed E-state index contributed by atoms with van der Waals surface area (Å²) in [7, 11) is 0. The number of carbonyl (C=O) groups excluding carboxylic acids is 2. The second-order valence-corrected chi connectivity index (χ2v) is 8.36. The van der Waals surface area contributed by atoms with Crippen LogP contribution in [0.4, 0.5) is 10.8 Å². The van der Waals surface area contributed by atoms with Crippen LogP contribution >= 0.6 is 34.7 Å². The summed E-state index contributed by atoms with van der Waals surface area (Å²) in [6, 6.07) is 14.3. The highest BCUT2D eigenvalue weighted by Crippen LogP contribution is 2.26. The van der Waals surface area contributed by atoms with E-state index >= 15 is 0 Å². The fraction of sp³-hybridized carbons (Fsp3) is 0.158. The van der Waals surface area contributed by atoms with Crippen molar-refractivity contribution in [3.05, 3.63) is 64.7 Å². The van der Waals surface area contributed by atoms with Crippen LogP contribution in [0.15, 0.2) is 52.9 Å². The number of amides is 2. The molecule has 3 rings (SSSR count). The number of aryl methyl sites for hydroxylation is 1. The summed E-state index contributed by atoms with van der Waals surface area (Å²) in [4.78, 5) is 24.2. The predicted molar refractivity (Wildman–Crippen MR) is 114 cm³/mol. The quantitative estimate of drug-likeness (QED) is 0.416. The van der Waals surface area contributed by atoms with Crippen molar-refractivity contribution in [1.82, 2.24) is 10.2 Å². The van der Waals surface area contributed by atoms with Gasteiger partial charge in [-0.2, -0.15) is 0 Å². The molecule has 0 unspecified atom stereocenters. The van der Waals surface area contributed by atoms with Gasteiger partial charge in [-0.05, 0) is 48.4 Å². The monoisotopic (exact) mass is 432 g/mol. The van der Waals surface area contributed by atoms with E-state index in [1.807, 2.05) is 24.3 Å². The molecule has 2 aromatic carbocycles. The predicted octanol–water partition coefficient (Wildman–Crippen LogP) is 4.74. The van der Waals surface area contributed by atoms with Crippen molar-refractivity contribution in [3.8, 4) is 0 Å². The Morgan fingerprint density at radius 3 is 2.43 bits per heavy atom. The molecule has 28 heavy (non-hydrogen) atoms. The average Bonchev–Trinajstić information content (AvgIpc) is 3.15. The number of nitrogens with one attached hydrogen (secondary N) is 2. The molecule has 0 radical (unpaired) electrons. The van der Waals surface area contributed by atoms with Crippen LogP contribution in [0.25, 0.3) is 0 Å². The summed E-state index contributed by atoms with van der Waals surface area (Å²) < 4.78 is 0.600. The molecule has 1 heterocycles. The second-order valence-electron chi connectivity index (χ2n) is 5.72. The third kappa shape index (κ3) is 5.79. The van der Waals surface area contributed by atoms with Gasteiger partial charge in [0.15, 0.2) is 4.34 Å². The Morgan fingerprint density at radius 2 is 1.75 bits per heavy atom. The van der Waals surface area contributed by atoms with E-state index in [1.165, 1.54) is 28.7 Å². The maximum Gasteiger partial charge on any atom is 0.257 e. The minimum Gasteiger partial charge on any atom is -0.325 e. The van der Waals surface area contributed by atoms with E-state index in [4.69, 9.17) is 11.6 Å². The van der Waals surface area contributed by atoms with Gasteiger partial charge >= 0.3 is 0 Å². The van der Waals surface area contributed by atoms with Crippen molar-refractivity contribution >= 4 is 57.3 Å². The molecule has 0 bridgehead atoms. The third-order valence-electron chi connectivity index (χ3n) is 3.71. The van der Waals surface area contributed by atoms with Crippen LogP contribution in [-0.4, -0.2) is 27.8 Å². The van der Waals surface area contributed by atoms with Crippen LogP contribution in [0, 0.1) is 0 Å². The smallest absolute Gasteiger partial charge is 0.257 e. The molecular formula is C19H17ClN4O2S2. The minimum absolute atomic E-state index is 0.129. The minimum atomic E-state index is -0.294. The number of hydrogen-bond acceptors (Lipinski definition) is 6. The van der Waals surface area contributed by atoms with Gasteiger partial charge in [-0.15, -0.1) is 10.2 Å². The lowest BCUT2D eigenvalue weighted by molar-refractivity contribution is -0.113. The van der Waals surface area contributed by atoms with Crippen LogP contribution in [-0.2, 0) is 11.2 Å². The summed E-state index contributed by atoms with van der Waals surface area (Å²) in [5, 5.41) is 14.4. The molecule has 0 aliphatic rings. The Morgan fingerprint density at radius 1 is 1.04 bits per heavy atom. The summed E-state index contributed by atoms with van der Waals surface area (Å²) >= 11 is 8.30. The van der Waals surface area contributed by atoms with Gasteiger partial charge in [-0.3, -0.25) is 14.9 Å². The highest BCUT2D eigenvalue weighted by atomic mass is 35.5. The maximum atomic E-state index is 12.2. The summed E-state index contributed by atoms with van der Waals surface area (Å²) in [6.45, 7) is 2.08.